The van der Waals surface area contributed by atoms with Gasteiger partial charge in [0, 0.05) is 12.0 Å². The molecule has 2 saturated carbocycles. The Kier molecular flexibility index (Phi) is 3.61. The van der Waals surface area contributed by atoms with Gasteiger partial charge in [0.2, 0.25) is 0 Å². The van der Waals surface area contributed by atoms with Crippen molar-refractivity contribution in [2.24, 2.45) is 0 Å². The molecule has 0 spiro atoms. The van der Waals surface area contributed by atoms with Crippen molar-refractivity contribution in [3.63, 3.8) is 0 Å². The molecule has 2 fully saturated rings. The van der Waals surface area contributed by atoms with Crippen LogP contribution in [0.15, 0.2) is 24.3 Å². The number of alkyl halides is 2. The van der Waals surface area contributed by atoms with E-state index in [9.17, 15) is 4.79 Å². The Bertz CT molecular complexity index is 550. The maximum atomic E-state index is 12.1. The van der Waals surface area contributed by atoms with E-state index in [1.807, 2.05) is 24.3 Å². The van der Waals surface area contributed by atoms with Crippen molar-refractivity contribution in [2.45, 2.75) is 55.0 Å². The van der Waals surface area contributed by atoms with Crippen LogP contribution in [0.5, 0.6) is 5.75 Å². The minimum atomic E-state index is -0.883. The van der Waals surface area contributed by atoms with Crippen LogP contribution in [0.2, 0.25) is 0 Å². The van der Waals surface area contributed by atoms with Gasteiger partial charge in [-0.15, -0.1) is 23.2 Å². The molecule has 0 bridgehead atoms. The van der Waals surface area contributed by atoms with E-state index < -0.39 is 9.93 Å². The van der Waals surface area contributed by atoms with Crippen LogP contribution >= 0.6 is 23.2 Å². The number of carbonyl (C=O) groups is 1. The molecule has 5 heteroatoms. The second-order valence-electron chi connectivity index (χ2n) is 6.45. The Morgan fingerprint density at radius 3 is 2.33 bits per heavy atom. The van der Waals surface area contributed by atoms with Crippen LogP contribution in [-0.2, 0) is 4.79 Å². The summed E-state index contributed by atoms with van der Waals surface area (Å²) in [6.07, 6.45) is 2.92. The number of ether oxygens (including phenoxy) is 1. The minimum Gasteiger partial charge on any atom is -0.478 e. The summed E-state index contributed by atoms with van der Waals surface area (Å²) in [7, 11) is 0. The van der Waals surface area contributed by atoms with Crippen molar-refractivity contribution in [1.82, 2.24) is 5.32 Å². The number of rotatable bonds is 5. The highest BCUT2D eigenvalue weighted by atomic mass is 35.5. The third-order valence-corrected chi connectivity index (χ3v) is 4.78. The fraction of sp³-hybridized carbons (Fsp3) is 0.562. The van der Waals surface area contributed by atoms with Gasteiger partial charge in [0.15, 0.2) is 5.60 Å². The second kappa shape index (κ2) is 5.06. The Morgan fingerprint density at radius 1 is 1.29 bits per heavy atom. The van der Waals surface area contributed by atoms with Gasteiger partial charge in [-0.3, -0.25) is 4.79 Å². The molecule has 1 aromatic carbocycles. The maximum absolute atomic E-state index is 12.1. The molecule has 2 aliphatic carbocycles. The first kappa shape index (κ1) is 15.0. The molecule has 0 aliphatic heterocycles. The maximum Gasteiger partial charge on any atom is 0.263 e. The van der Waals surface area contributed by atoms with E-state index in [2.05, 4.69) is 5.32 Å². The fourth-order valence-corrected chi connectivity index (χ4v) is 2.83. The lowest BCUT2D eigenvalue weighted by Gasteiger charge is -2.25. The highest BCUT2D eigenvalue weighted by molar-refractivity contribution is 6.51. The summed E-state index contributed by atoms with van der Waals surface area (Å²) in [5.41, 5.74) is 0.222. The van der Waals surface area contributed by atoms with E-state index in [0.29, 0.717) is 11.8 Å². The molecule has 1 N–H and O–H groups in total. The number of carbonyl (C=O) groups excluding carboxylic acids is 1. The molecule has 3 rings (SSSR count). The van der Waals surface area contributed by atoms with Crippen LogP contribution in [0.4, 0.5) is 0 Å². The molecule has 1 amide bonds. The molecular formula is C16H19Cl2NO2. The zero-order valence-corrected chi connectivity index (χ0v) is 13.7. The predicted octanol–water partition coefficient (Wildman–Crippen LogP) is 3.78. The summed E-state index contributed by atoms with van der Waals surface area (Å²) in [5.74, 6) is 0.794. The van der Waals surface area contributed by atoms with Gasteiger partial charge >= 0.3 is 0 Å². The quantitative estimate of drug-likeness (QED) is 0.835. The van der Waals surface area contributed by atoms with Gasteiger partial charge in [0.05, 0.1) is 0 Å². The fourth-order valence-electron chi connectivity index (χ4n) is 2.27. The van der Waals surface area contributed by atoms with Crippen LogP contribution in [0, 0.1) is 0 Å². The highest BCUT2D eigenvalue weighted by Gasteiger charge is 2.52. The molecule has 21 heavy (non-hydrogen) atoms. The smallest absolute Gasteiger partial charge is 0.263 e. The number of hydrogen-bond acceptors (Lipinski definition) is 2. The van der Waals surface area contributed by atoms with Crippen LogP contribution < -0.4 is 10.1 Å². The molecule has 3 nitrogen and oxygen atoms in total. The summed E-state index contributed by atoms with van der Waals surface area (Å²) >= 11 is 12.1. The van der Waals surface area contributed by atoms with Crippen LogP contribution in [0.1, 0.15) is 44.6 Å². The lowest BCUT2D eigenvalue weighted by atomic mass is 10.1. The predicted molar refractivity (Wildman–Crippen MR) is 84.1 cm³/mol. The average Bonchev–Trinajstić information content (AvgIpc) is 3.29. The first-order valence-electron chi connectivity index (χ1n) is 7.26. The van der Waals surface area contributed by atoms with Crippen molar-refractivity contribution in [3.8, 4) is 5.75 Å². The van der Waals surface area contributed by atoms with Gasteiger partial charge < -0.3 is 10.1 Å². The van der Waals surface area contributed by atoms with Crippen molar-refractivity contribution < 1.29 is 9.53 Å². The zero-order chi connectivity index (χ0) is 15.3. The monoisotopic (exact) mass is 327 g/mol. The van der Waals surface area contributed by atoms with E-state index in [1.54, 1.807) is 13.8 Å². The Labute approximate surface area is 135 Å². The SMILES string of the molecule is CC(C)(Oc1ccc(C2CC2(Cl)Cl)cc1)C(=O)NC1CC1. The van der Waals surface area contributed by atoms with Crippen molar-refractivity contribution in [2.75, 3.05) is 0 Å². The summed E-state index contributed by atoms with van der Waals surface area (Å²) < 4.78 is 5.20. The number of benzene rings is 1. The molecule has 0 heterocycles. The number of halogens is 2. The number of nitrogens with one attached hydrogen (secondary N) is 1. The van der Waals surface area contributed by atoms with Gasteiger partial charge in [-0.05, 0) is 50.8 Å². The molecular weight excluding hydrogens is 309 g/mol. The molecule has 1 aromatic rings. The summed E-state index contributed by atoms with van der Waals surface area (Å²) in [6, 6.07) is 7.98. The van der Waals surface area contributed by atoms with Gasteiger partial charge in [-0.1, -0.05) is 12.1 Å². The third-order valence-electron chi connectivity index (χ3n) is 3.94. The van der Waals surface area contributed by atoms with Gasteiger partial charge in [0.25, 0.3) is 5.91 Å². The molecule has 1 unspecified atom stereocenters. The third kappa shape index (κ3) is 3.46. The van der Waals surface area contributed by atoms with E-state index in [1.165, 1.54) is 0 Å². The van der Waals surface area contributed by atoms with Crippen molar-refractivity contribution in [1.29, 1.82) is 0 Å². The Morgan fingerprint density at radius 2 is 1.86 bits per heavy atom. The molecule has 0 radical (unpaired) electrons. The van der Waals surface area contributed by atoms with Gasteiger partial charge in [0.1, 0.15) is 10.1 Å². The first-order chi connectivity index (χ1) is 9.78. The topological polar surface area (TPSA) is 38.3 Å². The van der Waals surface area contributed by atoms with Crippen molar-refractivity contribution >= 4 is 29.1 Å². The lowest BCUT2D eigenvalue weighted by Crippen LogP contribution is -2.47. The molecule has 0 aromatic heterocycles. The molecule has 114 valence electrons. The molecule has 1 atom stereocenters. The van der Waals surface area contributed by atoms with Crippen LogP contribution in [0.25, 0.3) is 0 Å². The van der Waals surface area contributed by atoms with E-state index in [-0.39, 0.29) is 11.8 Å². The summed E-state index contributed by atoms with van der Waals surface area (Å²) in [4.78, 5) is 12.1. The first-order valence-corrected chi connectivity index (χ1v) is 8.01. The normalized spacial score (nSPS) is 23.5. The second-order valence-corrected chi connectivity index (χ2v) is 7.99. The van der Waals surface area contributed by atoms with Crippen LogP contribution in [0.3, 0.4) is 0 Å². The zero-order valence-electron chi connectivity index (χ0n) is 12.2. The largest absolute Gasteiger partial charge is 0.478 e. The minimum absolute atomic E-state index is 0.0724. The average molecular weight is 328 g/mol. The summed E-state index contributed by atoms with van der Waals surface area (Å²) in [5, 5.41) is 2.97. The van der Waals surface area contributed by atoms with Crippen molar-refractivity contribution in [3.05, 3.63) is 29.8 Å². The van der Waals surface area contributed by atoms with Gasteiger partial charge in [-0.2, -0.15) is 0 Å². The van der Waals surface area contributed by atoms with E-state index in [0.717, 1.165) is 24.8 Å². The van der Waals surface area contributed by atoms with E-state index in [4.69, 9.17) is 27.9 Å². The lowest BCUT2D eigenvalue weighted by molar-refractivity contribution is -0.134. The Balaban J connectivity index is 1.62. The van der Waals surface area contributed by atoms with Gasteiger partial charge in [-0.25, -0.2) is 0 Å². The Hall–Kier alpha value is -0.930. The molecule has 0 saturated heterocycles. The van der Waals surface area contributed by atoms with E-state index >= 15 is 0 Å². The standard InChI is InChI=1S/C16H19Cl2NO2/c1-15(2,14(20)19-11-5-6-11)21-12-7-3-10(4-8-12)13-9-16(13,17)18/h3-4,7-8,11,13H,5-6,9H2,1-2H3,(H,19,20). The highest BCUT2D eigenvalue weighted by Crippen LogP contribution is 2.59. The number of amides is 1. The number of hydrogen-bond donors (Lipinski definition) is 1. The summed E-state index contributed by atoms with van der Waals surface area (Å²) in [6.45, 7) is 3.56. The van der Waals surface area contributed by atoms with Crippen LogP contribution in [-0.4, -0.2) is 21.9 Å². The molecule has 2 aliphatic rings.